The molecule has 0 unspecified atom stereocenters. The first-order valence-electron chi connectivity index (χ1n) is 7.16. The molecule has 0 atom stereocenters. The number of pyridine rings is 2. The van der Waals surface area contributed by atoms with Crippen LogP contribution in [-0.2, 0) is 11.3 Å². The average Bonchev–Trinajstić information content (AvgIpc) is 2.53. The van der Waals surface area contributed by atoms with Crippen molar-refractivity contribution < 1.29 is 4.79 Å². The molecular weight excluding hydrogens is 264 g/mol. The van der Waals surface area contributed by atoms with E-state index in [-0.39, 0.29) is 5.91 Å². The fourth-order valence-electron chi connectivity index (χ4n) is 1.83. The lowest BCUT2D eigenvalue weighted by atomic mass is 10.2. The van der Waals surface area contributed by atoms with E-state index in [1.807, 2.05) is 30.5 Å². The first-order chi connectivity index (χ1) is 10.3. The van der Waals surface area contributed by atoms with Gasteiger partial charge in [0.15, 0.2) is 0 Å². The highest BCUT2D eigenvalue weighted by Gasteiger charge is 2.02. The summed E-state index contributed by atoms with van der Waals surface area (Å²) in [6, 6.07) is 7.61. The lowest BCUT2D eigenvalue weighted by Gasteiger charge is -2.07. The van der Waals surface area contributed by atoms with E-state index in [1.165, 1.54) is 0 Å². The molecule has 0 saturated carbocycles. The summed E-state index contributed by atoms with van der Waals surface area (Å²) in [5.74, 6) is 0.806. The predicted molar refractivity (Wildman–Crippen MR) is 84.0 cm³/mol. The zero-order valence-corrected chi connectivity index (χ0v) is 12.2. The van der Waals surface area contributed by atoms with E-state index in [0.717, 1.165) is 29.9 Å². The minimum atomic E-state index is 0.0368. The van der Waals surface area contributed by atoms with Crippen molar-refractivity contribution in [3.05, 3.63) is 48.4 Å². The molecule has 2 aromatic heterocycles. The summed E-state index contributed by atoms with van der Waals surface area (Å²) < 4.78 is 0. The molecule has 2 rings (SSSR count). The van der Waals surface area contributed by atoms with Crippen LogP contribution in [0.25, 0.3) is 0 Å². The molecule has 0 aliphatic heterocycles. The van der Waals surface area contributed by atoms with Crippen molar-refractivity contribution in [1.29, 1.82) is 0 Å². The van der Waals surface area contributed by atoms with Crippen LogP contribution in [0.5, 0.6) is 0 Å². The summed E-state index contributed by atoms with van der Waals surface area (Å²) in [6.07, 6.45) is 7.70. The molecule has 5 heteroatoms. The highest BCUT2D eigenvalue weighted by Crippen LogP contribution is 2.11. The van der Waals surface area contributed by atoms with Gasteiger partial charge in [0.05, 0.1) is 11.9 Å². The second-order valence-corrected chi connectivity index (χ2v) is 4.80. The van der Waals surface area contributed by atoms with Gasteiger partial charge in [0.1, 0.15) is 5.82 Å². The maximum Gasteiger partial charge on any atom is 0.224 e. The summed E-state index contributed by atoms with van der Waals surface area (Å²) in [6.45, 7) is 2.74. The van der Waals surface area contributed by atoms with Crippen molar-refractivity contribution in [3.63, 3.8) is 0 Å². The van der Waals surface area contributed by atoms with Crippen molar-refractivity contribution in [2.24, 2.45) is 0 Å². The number of hydrogen-bond acceptors (Lipinski definition) is 4. The number of nitrogens with zero attached hydrogens (tertiary/aromatic N) is 2. The third-order valence-electron chi connectivity index (χ3n) is 3.00. The van der Waals surface area contributed by atoms with Gasteiger partial charge in [0.2, 0.25) is 5.91 Å². The number of amides is 1. The Morgan fingerprint density at radius 3 is 2.81 bits per heavy atom. The Bertz CT molecular complexity index is 554. The fourth-order valence-corrected chi connectivity index (χ4v) is 1.83. The van der Waals surface area contributed by atoms with Crippen molar-refractivity contribution >= 4 is 17.4 Å². The molecule has 0 aliphatic rings. The van der Waals surface area contributed by atoms with E-state index in [0.29, 0.717) is 13.0 Å². The van der Waals surface area contributed by atoms with Gasteiger partial charge < -0.3 is 10.6 Å². The van der Waals surface area contributed by atoms with Gasteiger partial charge in [-0.25, -0.2) is 4.98 Å². The van der Waals surface area contributed by atoms with Crippen LogP contribution < -0.4 is 10.6 Å². The number of rotatable bonds is 7. The van der Waals surface area contributed by atoms with E-state index in [9.17, 15) is 4.79 Å². The first kappa shape index (κ1) is 15.0. The Kier molecular flexibility index (Phi) is 5.70. The molecule has 2 aromatic rings. The molecule has 0 aromatic carbocycles. The van der Waals surface area contributed by atoms with E-state index < -0.39 is 0 Å². The molecule has 5 nitrogen and oxygen atoms in total. The molecule has 21 heavy (non-hydrogen) atoms. The second kappa shape index (κ2) is 7.99. The normalized spacial score (nSPS) is 10.1. The van der Waals surface area contributed by atoms with Crippen molar-refractivity contribution in [2.45, 2.75) is 32.7 Å². The van der Waals surface area contributed by atoms with Gasteiger partial charge in [-0.05, 0) is 30.2 Å². The molecule has 2 heterocycles. The predicted octanol–water partition coefficient (Wildman–Crippen LogP) is 3.22. The number of carbonyl (C=O) groups is 1. The van der Waals surface area contributed by atoms with Crippen LogP contribution in [0.3, 0.4) is 0 Å². The number of nitrogens with one attached hydrogen (secondary N) is 2. The Labute approximate surface area is 124 Å². The van der Waals surface area contributed by atoms with Gasteiger partial charge in [-0.1, -0.05) is 19.4 Å². The molecular formula is C16H20N4O. The fraction of sp³-hybridized carbons (Fsp3) is 0.312. The zero-order valence-electron chi connectivity index (χ0n) is 12.2. The molecule has 110 valence electrons. The minimum Gasteiger partial charge on any atom is -0.366 e. The monoisotopic (exact) mass is 284 g/mol. The lowest BCUT2D eigenvalue weighted by molar-refractivity contribution is -0.116. The standard InChI is InChI=1S/C16H20N4O/c1-2-3-6-16(21)20-14-7-8-15(19-12-14)18-11-13-5-4-9-17-10-13/h4-5,7-10,12H,2-3,6,11H2,1H3,(H,18,19)(H,20,21). The van der Waals surface area contributed by atoms with Crippen molar-refractivity contribution in [1.82, 2.24) is 9.97 Å². The quantitative estimate of drug-likeness (QED) is 0.819. The third-order valence-corrected chi connectivity index (χ3v) is 3.00. The smallest absolute Gasteiger partial charge is 0.224 e. The lowest BCUT2D eigenvalue weighted by Crippen LogP contribution is -2.11. The van der Waals surface area contributed by atoms with E-state index >= 15 is 0 Å². The number of anilines is 2. The topological polar surface area (TPSA) is 66.9 Å². The van der Waals surface area contributed by atoms with Crippen LogP contribution in [0, 0.1) is 0 Å². The second-order valence-electron chi connectivity index (χ2n) is 4.80. The Morgan fingerprint density at radius 2 is 2.14 bits per heavy atom. The molecule has 0 aliphatic carbocycles. The summed E-state index contributed by atoms with van der Waals surface area (Å²) in [5.41, 5.74) is 1.82. The van der Waals surface area contributed by atoms with Crippen LogP contribution in [0.2, 0.25) is 0 Å². The van der Waals surface area contributed by atoms with Crippen LogP contribution in [0.15, 0.2) is 42.9 Å². The van der Waals surface area contributed by atoms with Gasteiger partial charge >= 0.3 is 0 Å². The molecule has 0 saturated heterocycles. The number of aromatic nitrogens is 2. The van der Waals surface area contributed by atoms with Gasteiger partial charge in [0.25, 0.3) is 0 Å². The van der Waals surface area contributed by atoms with Gasteiger partial charge in [0, 0.05) is 25.4 Å². The average molecular weight is 284 g/mol. The number of hydrogen-bond donors (Lipinski definition) is 2. The first-order valence-corrected chi connectivity index (χ1v) is 7.16. The molecule has 0 bridgehead atoms. The Balaban J connectivity index is 1.83. The van der Waals surface area contributed by atoms with Gasteiger partial charge in [-0.3, -0.25) is 9.78 Å². The van der Waals surface area contributed by atoms with E-state index in [2.05, 4.69) is 27.5 Å². The van der Waals surface area contributed by atoms with Crippen LogP contribution in [0.1, 0.15) is 31.7 Å². The zero-order chi connectivity index (χ0) is 14.9. The van der Waals surface area contributed by atoms with Gasteiger partial charge in [-0.2, -0.15) is 0 Å². The number of unbranched alkanes of at least 4 members (excludes halogenated alkanes) is 1. The van der Waals surface area contributed by atoms with Crippen molar-refractivity contribution in [2.75, 3.05) is 10.6 Å². The summed E-state index contributed by atoms with van der Waals surface area (Å²) in [4.78, 5) is 19.9. The van der Waals surface area contributed by atoms with Gasteiger partial charge in [-0.15, -0.1) is 0 Å². The maximum atomic E-state index is 11.6. The maximum absolute atomic E-state index is 11.6. The van der Waals surface area contributed by atoms with Crippen LogP contribution in [-0.4, -0.2) is 15.9 Å². The SMILES string of the molecule is CCCCC(=O)Nc1ccc(NCc2cccnc2)nc1. The molecule has 0 spiro atoms. The van der Waals surface area contributed by atoms with E-state index in [4.69, 9.17) is 0 Å². The van der Waals surface area contributed by atoms with Crippen LogP contribution >= 0.6 is 0 Å². The molecule has 0 fully saturated rings. The van der Waals surface area contributed by atoms with Crippen molar-refractivity contribution in [3.8, 4) is 0 Å². The molecule has 0 radical (unpaired) electrons. The highest BCUT2D eigenvalue weighted by atomic mass is 16.1. The van der Waals surface area contributed by atoms with Crippen LogP contribution in [0.4, 0.5) is 11.5 Å². The summed E-state index contributed by atoms with van der Waals surface area (Å²) in [5, 5.41) is 6.05. The number of carbonyl (C=O) groups excluding carboxylic acids is 1. The largest absolute Gasteiger partial charge is 0.366 e. The Hall–Kier alpha value is -2.43. The van der Waals surface area contributed by atoms with E-state index in [1.54, 1.807) is 12.4 Å². The third kappa shape index (κ3) is 5.22. The highest BCUT2D eigenvalue weighted by molar-refractivity contribution is 5.90. The minimum absolute atomic E-state index is 0.0368. The summed E-state index contributed by atoms with van der Waals surface area (Å²) in [7, 11) is 0. The Morgan fingerprint density at radius 1 is 1.24 bits per heavy atom. The summed E-state index contributed by atoms with van der Waals surface area (Å²) >= 11 is 0. The molecule has 2 N–H and O–H groups in total. The molecule has 1 amide bonds.